The molecule has 3 aliphatic rings. The average molecular weight is 418 g/mol. The van der Waals surface area contributed by atoms with E-state index in [-0.39, 0.29) is 5.41 Å². The molecule has 3 aliphatic carbocycles. The minimum atomic E-state index is -0.646. The molecule has 1 N–H and O–H groups in total. The molecule has 0 saturated heterocycles. The van der Waals surface area contributed by atoms with Gasteiger partial charge in [0.2, 0.25) is 0 Å². The molecule has 6 heteroatoms. The van der Waals surface area contributed by atoms with Crippen molar-refractivity contribution in [2.75, 3.05) is 0 Å². The van der Waals surface area contributed by atoms with E-state index in [0.29, 0.717) is 27.2 Å². The lowest BCUT2D eigenvalue weighted by Crippen LogP contribution is -2.25. The minimum Gasteiger partial charge on any atom is -0.481 e. The second kappa shape index (κ2) is 6.36. The Morgan fingerprint density at radius 2 is 1.86 bits per heavy atom. The number of fused-ring (bicyclic) bond motifs is 2. The van der Waals surface area contributed by atoms with E-state index in [9.17, 15) is 9.90 Å². The standard InChI is InChI=1S/C22H21Cl2NO3/c23-15-2-1-3-16(24)17(15)18-14(19(28-25-18)13-4-5-13)6-7-21-8-10-22(12-21,11-9-21)20(26)27/h1-3,6-7,13H,4-5,8-12H2,(H,26,27). The molecule has 4 nitrogen and oxygen atoms in total. The summed E-state index contributed by atoms with van der Waals surface area (Å²) in [5.41, 5.74) is 1.72. The molecule has 3 saturated carbocycles. The van der Waals surface area contributed by atoms with E-state index in [0.717, 1.165) is 56.3 Å². The molecule has 146 valence electrons. The van der Waals surface area contributed by atoms with Crippen LogP contribution >= 0.6 is 23.2 Å². The molecule has 0 atom stereocenters. The van der Waals surface area contributed by atoms with Crippen LogP contribution in [0.2, 0.25) is 10.0 Å². The van der Waals surface area contributed by atoms with E-state index >= 15 is 0 Å². The maximum Gasteiger partial charge on any atom is 0.309 e. The molecule has 5 rings (SSSR count). The zero-order valence-corrected chi connectivity index (χ0v) is 16.9. The number of hydrogen-bond acceptors (Lipinski definition) is 3. The number of carboxylic acids is 1. The van der Waals surface area contributed by atoms with Crippen molar-refractivity contribution in [2.45, 2.75) is 50.9 Å². The van der Waals surface area contributed by atoms with E-state index < -0.39 is 11.4 Å². The summed E-state index contributed by atoms with van der Waals surface area (Å²) in [7, 11) is 0. The lowest BCUT2D eigenvalue weighted by molar-refractivity contribution is -0.148. The summed E-state index contributed by atoms with van der Waals surface area (Å²) in [5, 5.41) is 15.1. The van der Waals surface area contributed by atoms with E-state index in [1.54, 1.807) is 12.1 Å². The first-order valence-electron chi connectivity index (χ1n) is 9.80. The highest BCUT2D eigenvalue weighted by Gasteiger charge is 2.57. The summed E-state index contributed by atoms with van der Waals surface area (Å²) in [4.78, 5) is 11.7. The molecular weight excluding hydrogens is 397 g/mol. The van der Waals surface area contributed by atoms with E-state index in [4.69, 9.17) is 27.7 Å². The summed E-state index contributed by atoms with van der Waals surface area (Å²) in [6.45, 7) is 0. The van der Waals surface area contributed by atoms with Gasteiger partial charge < -0.3 is 9.63 Å². The van der Waals surface area contributed by atoms with Crippen LogP contribution < -0.4 is 0 Å². The van der Waals surface area contributed by atoms with Gasteiger partial charge in [0.15, 0.2) is 0 Å². The van der Waals surface area contributed by atoms with Crippen LogP contribution in [-0.4, -0.2) is 16.2 Å². The minimum absolute atomic E-state index is 0.0436. The second-order valence-corrected chi connectivity index (χ2v) is 9.45. The number of carbonyl (C=O) groups is 1. The van der Waals surface area contributed by atoms with Crippen LogP contribution in [0, 0.1) is 10.8 Å². The van der Waals surface area contributed by atoms with Gasteiger partial charge >= 0.3 is 5.97 Å². The summed E-state index contributed by atoms with van der Waals surface area (Å²) in [6, 6.07) is 5.41. The predicted octanol–water partition coefficient (Wildman–Crippen LogP) is 6.57. The molecule has 28 heavy (non-hydrogen) atoms. The van der Waals surface area contributed by atoms with Crippen molar-refractivity contribution in [3.8, 4) is 11.3 Å². The van der Waals surface area contributed by atoms with Gasteiger partial charge in [0.05, 0.1) is 15.5 Å². The molecule has 0 amide bonds. The van der Waals surface area contributed by atoms with Gasteiger partial charge in [-0.15, -0.1) is 0 Å². The summed E-state index contributed by atoms with van der Waals surface area (Å²) in [5.74, 6) is 0.636. The van der Waals surface area contributed by atoms with Crippen LogP contribution in [0.4, 0.5) is 0 Å². The van der Waals surface area contributed by atoms with Gasteiger partial charge in [0.1, 0.15) is 11.5 Å². The molecule has 1 aromatic carbocycles. The van der Waals surface area contributed by atoms with Crippen LogP contribution in [0.15, 0.2) is 28.8 Å². The number of halogens is 2. The number of rotatable bonds is 5. The zero-order valence-electron chi connectivity index (χ0n) is 15.4. The van der Waals surface area contributed by atoms with Crippen molar-refractivity contribution >= 4 is 35.2 Å². The monoisotopic (exact) mass is 417 g/mol. The molecule has 1 heterocycles. The topological polar surface area (TPSA) is 63.3 Å². The van der Waals surface area contributed by atoms with Crippen molar-refractivity contribution in [3.05, 3.63) is 45.6 Å². The highest BCUT2D eigenvalue weighted by molar-refractivity contribution is 6.39. The third kappa shape index (κ3) is 2.81. The van der Waals surface area contributed by atoms with Gasteiger partial charge in [-0.3, -0.25) is 4.79 Å². The summed E-state index contributed by atoms with van der Waals surface area (Å²) < 4.78 is 5.72. The van der Waals surface area contributed by atoms with E-state index in [1.165, 1.54) is 0 Å². The van der Waals surface area contributed by atoms with Gasteiger partial charge in [-0.25, -0.2) is 0 Å². The maximum atomic E-state index is 11.7. The van der Waals surface area contributed by atoms with Gasteiger partial charge in [0.25, 0.3) is 0 Å². The fourth-order valence-electron chi connectivity index (χ4n) is 5.04. The van der Waals surface area contributed by atoms with Crippen molar-refractivity contribution in [1.29, 1.82) is 0 Å². The Morgan fingerprint density at radius 1 is 1.18 bits per heavy atom. The number of carboxylic acid groups (broad SMARTS) is 1. The smallest absolute Gasteiger partial charge is 0.309 e. The third-order valence-electron chi connectivity index (χ3n) is 6.85. The first kappa shape index (κ1) is 18.3. The Bertz CT molecular complexity index is 961. The first-order chi connectivity index (χ1) is 13.4. The van der Waals surface area contributed by atoms with Crippen LogP contribution in [0.5, 0.6) is 0 Å². The molecule has 2 bridgehead atoms. The largest absolute Gasteiger partial charge is 0.481 e. The fraction of sp³-hybridized carbons (Fsp3) is 0.455. The lowest BCUT2D eigenvalue weighted by Gasteiger charge is -2.23. The SMILES string of the molecule is O=C(O)C12CCC(C=Cc3c(-c4c(Cl)cccc4Cl)noc3C3CC3)(CC1)C2. The second-order valence-electron chi connectivity index (χ2n) is 8.64. The Kier molecular flexibility index (Phi) is 4.15. The number of hydrogen-bond donors (Lipinski definition) is 1. The summed E-state index contributed by atoms with van der Waals surface area (Å²) >= 11 is 12.9. The Balaban J connectivity index is 1.55. The van der Waals surface area contributed by atoms with Crippen molar-refractivity contribution < 1.29 is 14.4 Å². The number of aliphatic carboxylic acids is 1. The normalized spacial score (nSPS) is 29.1. The van der Waals surface area contributed by atoms with Crippen molar-refractivity contribution in [2.24, 2.45) is 10.8 Å². The van der Waals surface area contributed by atoms with Crippen LogP contribution in [0.3, 0.4) is 0 Å². The molecule has 2 aromatic rings. The Morgan fingerprint density at radius 3 is 2.43 bits per heavy atom. The van der Waals surface area contributed by atoms with Crippen molar-refractivity contribution in [1.82, 2.24) is 5.16 Å². The van der Waals surface area contributed by atoms with Gasteiger partial charge in [0, 0.05) is 17.0 Å². The molecule has 0 aliphatic heterocycles. The van der Waals surface area contributed by atoms with Gasteiger partial charge in [-0.2, -0.15) is 0 Å². The summed E-state index contributed by atoms with van der Waals surface area (Å²) in [6.07, 6.45) is 10.6. The van der Waals surface area contributed by atoms with Crippen LogP contribution in [-0.2, 0) is 4.79 Å². The molecule has 0 spiro atoms. The number of nitrogens with zero attached hydrogens (tertiary/aromatic N) is 1. The maximum absolute atomic E-state index is 11.7. The Hall–Kier alpha value is -1.78. The lowest BCUT2D eigenvalue weighted by atomic mass is 9.81. The van der Waals surface area contributed by atoms with Crippen LogP contribution in [0.1, 0.15) is 62.2 Å². The molecule has 1 aromatic heterocycles. The van der Waals surface area contributed by atoms with Gasteiger partial charge in [-0.05, 0) is 62.5 Å². The van der Waals surface area contributed by atoms with Crippen molar-refractivity contribution in [3.63, 3.8) is 0 Å². The number of benzene rings is 1. The highest BCUT2D eigenvalue weighted by Crippen LogP contribution is 2.62. The molecular formula is C22H21Cl2NO3. The quantitative estimate of drug-likeness (QED) is 0.596. The van der Waals surface area contributed by atoms with Crippen LogP contribution in [0.25, 0.3) is 17.3 Å². The zero-order chi connectivity index (χ0) is 19.5. The van der Waals surface area contributed by atoms with E-state index in [2.05, 4.69) is 17.3 Å². The molecule has 0 unspecified atom stereocenters. The number of aromatic nitrogens is 1. The molecule has 0 radical (unpaired) electrons. The highest BCUT2D eigenvalue weighted by atomic mass is 35.5. The Labute approximate surface area is 173 Å². The average Bonchev–Trinajstić information content (AvgIpc) is 3.17. The molecule has 3 fully saturated rings. The number of allylic oxidation sites excluding steroid dienone is 1. The van der Waals surface area contributed by atoms with Gasteiger partial charge in [-0.1, -0.05) is 46.6 Å². The first-order valence-corrected chi connectivity index (χ1v) is 10.6. The van der Waals surface area contributed by atoms with E-state index in [1.807, 2.05) is 6.07 Å². The predicted molar refractivity (Wildman–Crippen MR) is 109 cm³/mol. The fourth-order valence-corrected chi connectivity index (χ4v) is 5.62. The third-order valence-corrected chi connectivity index (χ3v) is 7.48.